The number of H-pyrrole nitrogens is 1. The molecule has 0 atom stereocenters. The quantitative estimate of drug-likeness (QED) is 0.713. The molecule has 0 saturated carbocycles. The highest BCUT2D eigenvalue weighted by Crippen LogP contribution is 2.13. The highest BCUT2D eigenvalue weighted by Gasteiger charge is 2.16. The average molecular weight is 231 g/mol. The van der Waals surface area contributed by atoms with E-state index in [9.17, 15) is 4.79 Å². The van der Waals surface area contributed by atoms with Gasteiger partial charge in [0, 0.05) is 25.4 Å². The number of fused-ring (bicyclic) bond motifs is 1. The summed E-state index contributed by atoms with van der Waals surface area (Å²) in [7, 11) is 1.83. The Hall–Kier alpha value is -1.95. The van der Waals surface area contributed by atoms with E-state index in [1.54, 1.807) is 4.68 Å². The van der Waals surface area contributed by atoms with Gasteiger partial charge in [-0.2, -0.15) is 5.10 Å². The molecule has 1 aliphatic heterocycles. The van der Waals surface area contributed by atoms with Gasteiger partial charge < -0.3 is 10.3 Å². The molecule has 17 heavy (non-hydrogen) atoms. The average Bonchev–Trinajstić information content (AvgIpc) is 2.76. The molecule has 3 heterocycles. The predicted molar refractivity (Wildman–Crippen MR) is 62.5 cm³/mol. The van der Waals surface area contributed by atoms with E-state index in [0.29, 0.717) is 18.1 Å². The van der Waals surface area contributed by atoms with Crippen LogP contribution >= 0.6 is 0 Å². The standard InChI is InChI=1S/C11H13N5O/c1-16-5-3-8(15-16)10-13-9-6-12-4-2-7(9)11(17)14-10/h3,5,12H,2,4,6H2,1H3,(H,13,14,17). The van der Waals surface area contributed by atoms with Gasteiger partial charge in [0.2, 0.25) is 0 Å². The summed E-state index contributed by atoms with van der Waals surface area (Å²) >= 11 is 0. The van der Waals surface area contributed by atoms with Crippen molar-refractivity contribution < 1.29 is 0 Å². The van der Waals surface area contributed by atoms with Crippen LogP contribution in [0, 0.1) is 0 Å². The van der Waals surface area contributed by atoms with Crippen LogP contribution in [-0.2, 0) is 20.0 Å². The molecule has 0 amide bonds. The van der Waals surface area contributed by atoms with Crippen LogP contribution in [0.4, 0.5) is 0 Å². The Morgan fingerprint density at radius 1 is 1.47 bits per heavy atom. The number of aromatic nitrogens is 4. The van der Waals surface area contributed by atoms with Crippen molar-refractivity contribution in [2.45, 2.75) is 13.0 Å². The van der Waals surface area contributed by atoms with Crippen molar-refractivity contribution >= 4 is 0 Å². The summed E-state index contributed by atoms with van der Waals surface area (Å²) in [6.45, 7) is 1.49. The number of rotatable bonds is 1. The normalized spacial score (nSPS) is 14.6. The molecule has 0 aliphatic carbocycles. The minimum absolute atomic E-state index is 0.0443. The second-order valence-corrected chi connectivity index (χ2v) is 4.14. The Kier molecular flexibility index (Phi) is 2.29. The molecule has 2 aromatic heterocycles. The largest absolute Gasteiger partial charge is 0.311 e. The maximum atomic E-state index is 11.9. The van der Waals surface area contributed by atoms with Crippen molar-refractivity contribution in [3.8, 4) is 11.5 Å². The fourth-order valence-electron chi connectivity index (χ4n) is 2.03. The smallest absolute Gasteiger partial charge is 0.254 e. The van der Waals surface area contributed by atoms with Gasteiger partial charge in [-0.1, -0.05) is 0 Å². The zero-order valence-electron chi connectivity index (χ0n) is 9.53. The number of hydrogen-bond acceptors (Lipinski definition) is 4. The van der Waals surface area contributed by atoms with Crippen molar-refractivity contribution in [2.75, 3.05) is 6.54 Å². The van der Waals surface area contributed by atoms with Gasteiger partial charge in [0.05, 0.1) is 5.69 Å². The summed E-state index contributed by atoms with van der Waals surface area (Å²) in [6.07, 6.45) is 2.56. The number of aromatic amines is 1. The summed E-state index contributed by atoms with van der Waals surface area (Å²) in [6, 6.07) is 1.83. The Morgan fingerprint density at radius 2 is 2.35 bits per heavy atom. The maximum Gasteiger partial charge on any atom is 0.254 e. The highest BCUT2D eigenvalue weighted by atomic mass is 16.1. The molecule has 0 spiro atoms. The Labute approximate surface area is 97.7 Å². The lowest BCUT2D eigenvalue weighted by molar-refractivity contribution is 0.619. The maximum absolute atomic E-state index is 11.9. The summed E-state index contributed by atoms with van der Waals surface area (Å²) in [5.74, 6) is 0.540. The first-order valence-electron chi connectivity index (χ1n) is 5.57. The van der Waals surface area contributed by atoms with Crippen molar-refractivity contribution in [1.82, 2.24) is 25.1 Å². The van der Waals surface area contributed by atoms with E-state index in [0.717, 1.165) is 24.2 Å². The SMILES string of the molecule is Cn1ccc(-c2nc3c(c(=O)[nH]2)CCNC3)n1. The van der Waals surface area contributed by atoms with Crippen LogP contribution in [0.5, 0.6) is 0 Å². The van der Waals surface area contributed by atoms with Crippen molar-refractivity contribution in [1.29, 1.82) is 0 Å². The molecule has 0 saturated heterocycles. The minimum atomic E-state index is -0.0443. The minimum Gasteiger partial charge on any atom is -0.311 e. The van der Waals surface area contributed by atoms with Gasteiger partial charge in [-0.3, -0.25) is 9.48 Å². The zero-order chi connectivity index (χ0) is 11.8. The highest BCUT2D eigenvalue weighted by molar-refractivity contribution is 5.48. The van der Waals surface area contributed by atoms with Gasteiger partial charge in [0.1, 0.15) is 5.69 Å². The lowest BCUT2D eigenvalue weighted by atomic mass is 10.1. The first-order chi connectivity index (χ1) is 8.24. The molecule has 2 aromatic rings. The van der Waals surface area contributed by atoms with E-state index in [1.807, 2.05) is 19.3 Å². The van der Waals surface area contributed by atoms with Crippen LogP contribution in [0.1, 0.15) is 11.3 Å². The molecular formula is C11H13N5O. The van der Waals surface area contributed by atoms with Crippen molar-refractivity contribution in [3.63, 3.8) is 0 Å². The second kappa shape index (κ2) is 3.81. The van der Waals surface area contributed by atoms with Crippen LogP contribution < -0.4 is 10.9 Å². The molecule has 1 aliphatic rings. The fraction of sp³-hybridized carbons (Fsp3) is 0.364. The fourth-order valence-corrected chi connectivity index (χ4v) is 2.03. The number of nitrogens with one attached hydrogen (secondary N) is 2. The Balaban J connectivity index is 2.13. The molecule has 6 nitrogen and oxygen atoms in total. The number of hydrogen-bond donors (Lipinski definition) is 2. The monoisotopic (exact) mass is 231 g/mol. The third-order valence-electron chi connectivity index (χ3n) is 2.90. The van der Waals surface area contributed by atoms with Crippen LogP contribution in [-0.4, -0.2) is 26.3 Å². The van der Waals surface area contributed by atoms with Crippen LogP contribution in [0.2, 0.25) is 0 Å². The topological polar surface area (TPSA) is 75.6 Å². The molecule has 3 rings (SSSR count). The van der Waals surface area contributed by atoms with E-state index >= 15 is 0 Å². The van der Waals surface area contributed by atoms with E-state index in [1.165, 1.54) is 0 Å². The summed E-state index contributed by atoms with van der Waals surface area (Å²) < 4.78 is 1.69. The molecule has 88 valence electrons. The van der Waals surface area contributed by atoms with Gasteiger partial charge in [-0.25, -0.2) is 4.98 Å². The first-order valence-corrected chi connectivity index (χ1v) is 5.57. The summed E-state index contributed by atoms with van der Waals surface area (Å²) in [5.41, 5.74) is 2.28. The third kappa shape index (κ3) is 1.76. The van der Waals surface area contributed by atoms with Crippen molar-refractivity contribution in [3.05, 3.63) is 33.9 Å². The molecule has 0 radical (unpaired) electrons. The van der Waals surface area contributed by atoms with Gasteiger partial charge in [-0.05, 0) is 19.0 Å². The Morgan fingerprint density at radius 3 is 3.12 bits per heavy atom. The van der Waals surface area contributed by atoms with Crippen LogP contribution in [0.15, 0.2) is 17.1 Å². The predicted octanol–water partition coefficient (Wildman–Crippen LogP) is -0.184. The van der Waals surface area contributed by atoms with Gasteiger partial charge >= 0.3 is 0 Å². The summed E-state index contributed by atoms with van der Waals surface area (Å²) in [4.78, 5) is 19.2. The van der Waals surface area contributed by atoms with E-state index in [4.69, 9.17) is 0 Å². The lowest BCUT2D eigenvalue weighted by Gasteiger charge is -2.15. The number of aryl methyl sites for hydroxylation is 1. The molecule has 0 fully saturated rings. The van der Waals surface area contributed by atoms with Gasteiger partial charge in [0.15, 0.2) is 5.82 Å². The van der Waals surface area contributed by atoms with Crippen LogP contribution in [0.25, 0.3) is 11.5 Å². The second-order valence-electron chi connectivity index (χ2n) is 4.14. The molecule has 0 aromatic carbocycles. The summed E-state index contributed by atoms with van der Waals surface area (Å²) in [5, 5.41) is 7.45. The van der Waals surface area contributed by atoms with Crippen molar-refractivity contribution in [2.24, 2.45) is 7.05 Å². The Bertz CT molecular complexity index is 613. The van der Waals surface area contributed by atoms with Crippen LogP contribution in [0.3, 0.4) is 0 Å². The van der Waals surface area contributed by atoms with E-state index in [-0.39, 0.29) is 5.56 Å². The molecule has 0 bridgehead atoms. The van der Waals surface area contributed by atoms with Gasteiger partial charge in [0.25, 0.3) is 5.56 Å². The molecule has 2 N–H and O–H groups in total. The molecular weight excluding hydrogens is 218 g/mol. The zero-order valence-corrected chi connectivity index (χ0v) is 9.53. The number of nitrogens with zero attached hydrogens (tertiary/aromatic N) is 3. The first kappa shape index (κ1) is 10.2. The van der Waals surface area contributed by atoms with E-state index in [2.05, 4.69) is 20.4 Å². The lowest BCUT2D eigenvalue weighted by Crippen LogP contribution is -2.31. The van der Waals surface area contributed by atoms with E-state index < -0.39 is 0 Å². The van der Waals surface area contributed by atoms with Gasteiger partial charge in [-0.15, -0.1) is 0 Å². The molecule has 6 heteroatoms. The third-order valence-corrected chi connectivity index (χ3v) is 2.90. The molecule has 0 unspecified atom stereocenters.